The maximum atomic E-state index is 12.7. The van der Waals surface area contributed by atoms with Gasteiger partial charge in [0, 0.05) is 19.0 Å². The van der Waals surface area contributed by atoms with Crippen molar-refractivity contribution in [1.29, 1.82) is 5.26 Å². The van der Waals surface area contributed by atoms with Crippen LogP contribution in [0.5, 0.6) is 0 Å². The molecule has 0 unspecified atom stereocenters. The fraction of sp³-hybridized carbons (Fsp3) is 0.545. The zero-order valence-electron chi connectivity index (χ0n) is 16.6. The van der Waals surface area contributed by atoms with Crippen LogP contribution in [0.15, 0.2) is 28.7 Å². The van der Waals surface area contributed by atoms with E-state index in [1.54, 1.807) is 0 Å². The van der Waals surface area contributed by atoms with E-state index in [1.165, 1.54) is 18.4 Å². The summed E-state index contributed by atoms with van der Waals surface area (Å²) in [7, 11) is 0. The molecule has 1 saturated heterocycles. The van der Waals surface area contributed by atoms with Crippen molar-refractivity contribution in [1.82, 2.24) is 15.1 Å². The molecule has 29 heavy (non-hydrogen) atoms. The van der Waals surface area contributed by atoms with E-state index in [-0.39, 0.29) is 17.9 Å². The van der Waals surface area contributed by atoms with Crippen molar-refractivity contribution in [3.63, 3.8) is 0 Å². The number of hydrogen-bond acceptors (Lipinski definition) is 6. The number of nitrogens with one attached hydrogen (secondary N) is 1. The number of carbonyl (C=O) groups is 1. The number of piperidine rings is 1. The summed E-state index contributed by atoms with van der Waals surface area (Å²) >= 11 is 0. The standard InChI is InChI=1S/C22H25N5O2/c1-14(20(28)27-10-8-22(6-7-22)9-11-27)24-21-26-25-19(29-21)18-12-17(18)16-4-2-15(13-23)3-5-16/h2-5,14,17-18H,6-12H2,1H3,(H,24,26)/t14-,17-,18+/m0/s1. The van der Waals surface area contributed by atoms with Gasteiger partial charge in [-0.3, -0.25) is 4.79 Å². The molecule has 0 radical (unpaired) electrons. The van der Waals surface area contributed by atoms with Gasteiger partial charge in [0.25, 0.3) is 0 Å². The summed E-state index contributed by atoms with van der Waals surface area (Å²) in [5.74, 6) is 1.25. The Morgan fingerprint density at radius 3 is 2.59 bits per heavy atom. The Morgan fingerprint density at radius 2 is 1.93 bits per heavy atom. The van der Waals surface area contributed by atoms with E-state index in [0.717, 1.165) is 32.4 Å². The van der Waals surface area contributed by atoms with Crippen molar-refractivity contribution in [2.75, 3.05) is 18.4 Å². The molecule has 3 fully saturated rings. The van der Waals surface area contributed by atoms with Crippen LogP contribution in [0.2, 0.25) is 0 Å². The topological polar surface area (TPSA) is 95.0 Å². The highest BCUT2D eigenvalue weighted by atomic mass is 16.4. The fourth-order valence-electron chi connectivity index (χ4n) is 4.48. The van der Waals surface area contributed by atoms with Gasteiger partial charge in [0.2, 0.25) is 11.8 Å². The molecule has 1 spiro atoms. The normalized spacial score (nSPS) is 25.3. The van der Waals surface area contributed by atoms with E-state index < -0.39 is 0 Å². The smallest absolute Gasteiger partial charge is 0.316 e. The lowest BCUT2D eigenvalue weighted by Gasteiger charge is -2.33. The predicted molar refractivity (Wildman–Crippen MR) is 106 cm³/mol. The Hall–Kier alpha value is -2.88. The molecule has 3 atom stereocenters. The Balaban J connectivity index is 1.16. The molecule has 5 rings (SSSR count). The van der Waals surface area contributed by atoms with Crippen molar-refractivity contribution in [2.24, 2.45) is 5.41 Å². The second kappa shape index (κ2) is 6.87. The number of nitrogens with zero attached hydrogens (tertiary/aromatic N) is 4. The summed E-state index contributed by atoms with van der Waals surface area (Å²) in [6, 6.07) is 9.72. The summed E-state index contributed by atoms with van der Waals surface area (Å²) in [6.45, 7) is 3.56. The van der Waals surface area contributed by atoms with E-state index in [0.29, 0.717) is 28.8 Å². The van der Waals surface area contributed by atoms with Gasteiger partial charge in [-0.15, -0.1) is 5.10 Å². The average Bonchev–Trinajstić information content (AvgIpc) is 3.67. The number of carbonyl (C=O) groups excluding carboxylic acids is 1. The van der Waals surface area contributed by atoms with Crippen molar-refractivity contribution in [2.45, 2.75) is 56.9 Å². The lowest BCUT2D eigenvalue weighted by atomic mass is 9.93. The van der Waals surface area contributed by atoms with E-state index in [1.807, 2.05) is 36.1 Å². The van der Waals surface area contributed by atoms with Gasteiger partial charge in [-0.1, -0.05) is 17.2 Å². The number of benzene rings is 1. The summed E-state index contributed by atoms with van der Waals surface area (Å²) in [5, 5.41) is 20.3. The largest absolute Gasteiger partial charge is 0.408 e. The van der Waals surface area contributed by atoms with Crippen molar-refractivity contribution in [3.05, 3.63) is 41.3 Å². The minimum Gasteiger partial charge on any atom is -0.408 e. The molecular formula is C22H25N5O2. The van der Waals surface area contributed by atoms with Gasteiger partial charge >= 0.3 is 6.01 Å². The molecule has 1 aromatic carbocycles. The SMILES string of the molecule is C[C@H](Nc1nnc([C@@H]2C[C@H]2c2ccc(C#N)cc2)o1)C(=O)N1CCC2(CC1)CC2. The highest BCUT2D eigenvalue weighted by molar-refractivity contribution is 5.83. The Labute approximate surface area is 170 Å². The molecule has 0 bridgehead atoms. The third kappa shape index (κ3) is 3.59. The monoisotopic (exact) mass is 391 g/mol. The minimum atomic E-state index is -0.384. The summed E-state index contributed by atoms with van der Waals surface area (Å²) in [5.41, 5.74) is 2.41. The van der Waals surface area contributed by atoms with Crippen LogP contribution >= 0.6 is 0 Å². The van der Waals surface area contributed by atoms with Crippen molar-refractivity contribution in [3.8, 4) is 6.07 Å². The fourth-order valence-corrected chi connectivity index (χ4v) is 4.48. The number of rotatable bonds is 5. The van der Waals surface area contributed by atoms with Crippen LogP contribution in [0, 0.1) is 16.7 Å². The zero-order valence-corrected chi connectivity index (χ0v) is 16.6. The summed E-state index contributed by atoms with van der Waals surface area (Å²) in [4.78, 5) is 14.7. The van der Waals surface area contributed by atoms with Crippen molar-refractivity contribution >= 4 is 11.9 Å². The third-order valence-corrected chi connectivity index (χ3v) is 6.82. The van der Waals surface area contributed by atoms with Gasteiger partial charge in [0.15, 0.2) is 0 Å². The van der Waals surface area contributed by atoms with Gasteiger partial charge in [0.05, 0.1) is 11.6 Å². The van der Waals surface area contributed by atoms with Crippen LogP contribution in [-0.4, -0.2) is 40.1 Å². The van der Waals surface area contributed by atoms with E-state index >= 15 is 0 Å². The molecule has 7 nitrogen and oxygen atoms in total. The van der Waals surface area contributed by atoms with Crippen molar-refractivity contribution < 1.29 is 9.21 Å². The van der Waals surface area contributed by atoms with Gasteiger partial charge in [-0.25, -0.2) is 0 Å². The zero-order chi connectivity index (χ0) is 20.0. The quantitative estimate of drug-likeness (QED) is 0.839. The molecule has 2 saturated carbocycles. The highest BCUT2D eigenvalue weighted by Crippen LogP contribution is 2.54. The van der Waals surface area contributed by atoms with Gasteiger partial charge in [-0.2, -0.15) is 5.26 Å². The maximum Gasteiger partial charge on any atom is 0.316 e. The summed E-state index contributed by atoms with van der Waals surface area (Å²) in [6.07, 6.45) is 5.89. The first-order chi connectivity index (χ1) is 14.1. The maximum absolute atomic E-state index is 12.7. The summed E-state index contributed by atoms with van der Waals surface area (Å²) < 4.78 is 5.80. The molecule has 150 valence electrons. The number of anilines is 1. The molecule has 1 N–H and O–H groups in total. The van der Waals surface area contributed by atoms with Crippen LogP contribution in [0.25, 0.3) is 0 Å². The second-order valence-corrected chi connectivity index (χ2v) is 8.82. The first-order valence-corrected chi connectivity index (χ1v) is 10.5. The Morgan fingerprint density at radius 1 is 1.21 bits per heavy atom. The van der Waals surface area contributed by atoms with E-state index in [2.05, 4.69) is 21.6 Å². The average molecular weight is 391 g/mol. The number of aromatic nitrogens is 2. The molecule has 1 aliphatic heterocycles. The molecule has 7 heteroatoms. The molecule has 2 aliphatic carbocycles. The number of nitriles is 1. The molecule has 2 aromatic rings. The van der Waals surface area contributed by atoms with Gasteiger partial charge in [0.1, 0.15) is 6.04 Å². The van der Waals surface area contributed by atoms with E-state index in [9.17, 15) is 4.79 Å². The van der Waals surface area contributed by atoms with E-state index in [4.69, 9.17) is 9.68 Å². The number of hydrogen-bond donors (Lipinski definition) is 1. The van der Waals surface area contributed by atoms with Crippen LogP contribution < -0.4 is 5.32 Å². The Bertz CT molecular complexity index is 946. The van der Waals surface area contributed by atoms with Crippen LogP contribution in [0.4, 0.5) is 6.01 Å². The number of likely N-dealkylation sites (tertiary alicyclic amines) is 1. The van der Waals surface area contributed by atoms with Gasteiger partial charge in [-0.05, 0) is 68.1 Å². The molecule has 3 aliphatic rings. The van der Waals surface area contributed by atoms with Crippen LogP contribution in [-0.2, 0) is 4.79 Å². The van der Waals surface area contributed by atoms with Crippen LogP contribution in [0.1, 0.15) is 67.9 Å². The molecule has 1 amide bonds. The first-order valence-electron chi connectivity index (χ1n) is 10.5. The highest BCUT2D eigenvalue weighted by Gasteiger charge is 2.46. The molecule has 1 aromatic heterocycles. The lowest BCUT2D eigenvalue weighted by molar-refractivity contribution is -0.133. The second-order valence-electron chi connectivity index (χ2n) is 8.82. The first kappa shape index (κ1) is 18.2. The number of amides is 1. The lowest BCUT2D eigenvalue weighted by Crippen LogP contribution is -2.45. The predicted octanol–water partition coefficient (Wildman–Crippen LogP) is 3.42. The minimum absolute atomic E-state index is 0.0992. The van der Waals surface area contributed by atoms with Crippen LogP contribution in [0.3, 0.4) is 0 Å². The molecule has 2 heterocycles. The molecular weight excluding hydrogens is 366 g/mol. The van der Waals surface area contributed by atoms with Gasteiger partial charge < -0.3 is 14.6 Å². The third-order valence-electron chi connectivity index (χ3n) is 6.82. The Kier molecular flexibility index (Phi) is 4.30.